The average Bonchev–Trinajstić information content (AvgIpc) is 3.23. The number of fused-ring (bicyclic) bond motifs is 1. The summed E-state index contributed by atoms with van der Waals surface area (Å²) in [6.45, 7) is 1.99. The van der Waals surface area contributed by atoms with Gasteiger partial charge in [0.1, 0.15) is 17.3 Å². The highest BCUT2D eigenvalue weighted by Gasteiger charge is 2.13. The molecule has 0 bridgehead atoms. The van der Waals surface area contributed by atoms with Gasteiger partial charge in [-0.25, -0.2) is 5.43 Å². The summed E-state index contributed by atoms with van der Waals surface area (Å²) >= 11 is 6.09. The number of amides is 1. The monoisotopic (exact) mass is 418 g/mol. The van der Waals surface area contributed by atoms with Crippen molar-refractivity contribution in [2.75, 3.05) is 7.11 Å². The Morgan fingerprint density at radius 3 is 2.60 bits per heavy atom. The number of nitrogens with zero attached hydrogens (tertiary/aromatic N) is 1. The molecule has 0 aliphatic heterocycles. The Kier molecular flexibility index (Phi) is 5.55. The maximum Gasteiger partial charge on any atom is 0.275 e. The van der Waals surface area contributed by atoms with E-state index >= 15 is 0 Å². The number of hydrogen-bond donors (Lipinski definition) is 1. The fourth-order valence-electron chi connectivity index (χ4n) is 3.21. The lowest BCUT2D eigenvalue weighted by Gasteiger charge is -2.09. The molecule has 1 N–H and O–H groups in total. The number of rotatable bonds is 5. The second-order valence-corrected chi connectivity index (χ2v) is 7.20. The third kappa shape index (κ3) is 4.07. The summed E-state index contributed by atoms with van der Waals surface area (Å²) in [6.07, 6.45) is 1.45. The van der Waals surface area contributed by atoms with Crippen LogP contribution in [0.4, 0.5) is 0 Å². The van der Waals surface area contributed by atoms with Crippen LogP contribution in [0.1, 0.15) is 21.7 Å². The minimum Gasteiger partial charge on any atom is -0.496 e. The van der Waals surface area contributed by atoms with E-state index in [2.05, 4.69) is 10.5 Å². The number of aryl methyl sites for hydroxylation is 1. The van der Waals surface area contributed by atoms with Crippen LogP contribution in [-0.2, 0) is 0 Å². The molecular weight excluding hydrogens is 400 g/mol. The number of benzene rings is 3. The first-order valence-electron chi connectivity index (χ1n) is 9.31. The molecule has 0 saturated carbocycles. The van der Waals surface area contributed by atoms with E-state index in [-0.39, 0.29) is 5.91 Å². The molecule has 0 spiro atoms. The Labute approximate surface area is 178 Å². The number of ether oxygens (including phenoxy) is 1. The molecule has 0 saturated heterocycles. The van der Waals surface area contributed by atoms with Gasteiger partial charge in [-0.2, -0.15) is 5.10 Å². The minimum absolute atomic E-state index is 0.369. The van der Waals surface area contributed by atoms with Crippen molar-refractivity contribution >= 4 is 34.5 Å². The maximum absolute atomic E-state index is 12.6. The first-order valence-corrected chi connectivity index (χ1v) is 9.69. The van der Waals surface area contributed by atoms with Crippen LogP contribution < -0.4 is 10.2 Å². The molecule has 0 unspecified atom stereocenters. The van der Waals surface area contributed by atoms with Gasteiger partial charge in [0.05, 0.1) is 18.9 Å². The van der Waals surface area contributed by atoms with E-state index in [0.717, 1.165) is 21.9 Å². The summed E-state index contributed by atoms with van der Waals surface area (Å²) in [5.41, 5.74) is 4.89. The van der Waals surface area contributed by atoms with Crippen LogP contribution in [0.15, 0.2) is 76.2 Å². The second kappa shape index (κ2) is 8.43. The van der Waals surface area contributed by atoms with Gasteiger partial charge in [-0.05, 0) is 59.7 Å². The Hall–Kier alpha value is -3.57. The molecule has 0 aliphatic rings. The third-order valence-corrected chi connectivity index (χ3v) is 5.00. The molecule has 0 aliphatic carbocycles. The Bertz CT molecular complexity index is 1260. The lowest BCUT2D eigenvalue weighted by atomic mass is 10.1. The highest BCUT2D eigenvalue weighted by Crippen LogP contribution is 2.28. The fourth-order valence-corrected chi connectivity index (χ4v) is 3.38. The first-order chi connectivity index (χ1) is 14.5. The lowest BCUT2D eigenvalue weighted by molar-refractivity contribution is 0.0952. The van der Waals surface area contributed by atoms with Crippen molar-refractivity contribution in [2.45, 2.75) is 6.92 Å². The maximum atomic E-state index is 12.6. The fraction of sp³-hybridized carbons (Fsp3) is 0.0833. The van der Waals surface area contributed by atoms with Gasteiger partial charge in [-0.15, -0.1) is 0 Å². The minimum atomic E-state index is -0.369. The number of carbonyl (C=O) groups is 1. The van der Waals surface area contributed by atoms with Crippen molar-refractivity contribution in [3.63, 3.8) is 0 Å². The molecule has 1 heterocycles. The van der Waals surface area contributed by atoms with Gasteiger partial charge in [-0.1, -0.05) is 41.9 Å². The number of hydrazone groups is 1. The van der Waals surface area contributed by atoms with E-state index in [4.69, 9.17) is 20.8 Å². The van der Waals surface area contributed by atoms with E-state index in [1.54, 1.807) is 12.1 Å². The molecular formula is C24H19ClN2O3. The SMILES string of the molecule is COc1cc2ccccc2cc1C(=O)N/N=C\c1ccc(-c2cc(Cl)ccc2C)o1. The predicted octanol–water partition coefficient (Wildman–Crippen LogP) is 5.83. The van der Waals surface area contributed by atoms with Gasteiger partial charge in [-0.3, -0.25) is 4.79 Å². The van der Waals surface area contributed by atoms with E-state index in [1.807, 2.05) is 61.5 Å². The zero-order valence-electron chi connectivity index (χ0n) is 16.5. The van der Waals surface area contributed by atoms with Gasteiger partial charge in [0.2, 0.25) is 0 Å². The summed E-state index contributed by atoms with van der Waals surface area (Å²) in [5, 5.41) is 6.60. The molecule has 30 heavy (non-hydrogen) atoms. The molecule has 1 amide bonds. The Morgan fingerprint density at radius 1 is 1.07 bits per heavy atom. The Balaban J connectivity index is 1.51. The van der Waals surface area contributed by atoms with Crippen molar-refractivity contribution in [1.29, 1.82) is 0 Å². The van der Waals surface area contributed by atoms with Crippen LogP contribution in [0.2, 0.25) is 5.02 Å². The zero-order chi connectivity index (χ0) is 21.1. The van der Waals surface area contributed by atoms with Gasteiger partial charge >= 0.3 is 0 Å². The number of furan rings is 1. The summed E-state index contributed by atoms with van der Waals surface area (Å²) in [7, 11) is 1.53. The van der Waals surface area contributed by atoms with E-state index < -0.39 is 0 Å². The number of hydrogen-bond acceptors (Lipinski definition) is 4. The number of carbonyl (C=O) groups excluding carboxylic acids is 1. The number of halogens is 1. The summed E-state index contributed by atoms with van der Waals surface area (Å²) in [6, 6.07) is 20.6. The standard InChI is InChI=1S/C24H19ClN2O3/c1-15-7-8-18(25)13-20(15)22-10-9-19(30-22)14-26-27-24(28)21-11-16-5-3-4-6-17(16)12-23(21)29-2/h3-14H,1-2H3,(H,27,28)/b26-14-. The molecule has 4 rings (SSSR count). The molecule has 5 nitrogen and oxygen atoms in total. The number of methoxy groups -OCH3 is 1. The van der Waals surface area contributed by atoms with E-state index in [0.29, 0.717) is 27.9 Å². The van der Waals surface area contributed by atoms with Crippen LogP contribution in [0.25, 0.3) is 22.1 Å². The van der Waals surface area contributed by atoms with Crippen LogP contribution in [-0.4, -0.2) is 19.2 Å². The molecule has 0 fully saturated rings. The quantitative estimate of drug-likeness (QED) is 0.327. The molecule has 1 aromatic heterocycles. The summed E-state index contributed by atoms with van der Waals surface area (Å²) in [4.78, 5) is 12.6. The van der Waals surface area contributed by atoms with Crippen molar-refractivity contribution in [3.05, 3.63) is 88.6 Å². The van der Waals surface area contributed by atoms with Gasteiger partial charge < -0.3 is 9.15 Å². The third-order valence-electron chi connectivity index (χ3n) is 4.76. The Morgan fingerprint density at radius 2 is 1.83 bits per heavy atom. The van der Waals surface area contributed by atoms with Crippen molar-refractivity contribution in [1.82, 2.24) is 5.43 Å². The zero-order valence-corrected chi connectivity index (χ0v) is 17.2. The first kappa shape index (κ1) is 19.7. The van der Waals surface area contributed by atoms with Crippen molar-refractivity contribution in [3.8, 4) is 17.1 Å². The van der Waals surface area contributed by atoms with Crippen molar-refractivity contribution < 1.29 is 13.9 Å². The topological polar surface area (TPSA) is 63.8 Å². The van der Waals surface area contributed by atoms with Crippen molar-refractivity contribution in [2.24, 2.45) is 5.10 Å². The lowest BCUT2D eigenvalue weighted by Crippen LogP contribution is -2.18. The number of nitrogens with one attached hydrogen (secondary N) is 1. The average molecular weight is 419 g/mol. The van der Waals surface area contributed by atoms with Gasteiger partial charge in [0.25, 0.3) is 5.91 Å². The normalized spacial score (nSPS) is 11.2. The van der Waals surface area contributed by atoms with Crippen LogP contribution in [0.5, 0.6) is 5.75 Å². The van der Waals surface area contributed by atoms with E-state index in [1.165, 1.54) is 13.3 Å². The second-order valence-electron chi connectivity index (χ2n) is 6.76. The molecule has 4 aromatic rings. The van der Waals surface area contributed by atoms with Crippen LogP contribution >= 0.6 is 11.6 Å². The predicted molar refractivity (Wildman–Crippen MR) is 119 cm³/mol. The summed E-state index contributed by atoms with van der Waals surface area (Å²) in [5.74, 6) is 1.30. The molecule has 6 heteroatoms. The molecule has 3 aromatic carbocycles. The molecule has 150 valence electrons. The van der Waals surface area contributed by atoms with Gasteiger partial charge in [0, 0.05) is 10.6 Å². The largest absolute Gasteiger partial charge is 0.496 e. The molecule has 0 radical (unpaired) electrons. The van der Waals surface area contributed by atoms with E-state index in [9.17, 15) is 4.79 Å². The molecule has 0 atom stereocenters. The highest BCUT2D eigenvalue weighted by atomic mass is 35.5. The highest BCUT2D eigenvalue weighted by molar-refractivity contribution is 6.30. The van der Waals surface area contributed by atoms with Gasteiger partial charge in [0.15, 0.2) is 0 Å². The summed E-state index contributed by atoms with van der Waals surface area (Å²) < 4.78 is 11.2. The van der Waals surface area contributed by atoms with Crippen LogP contribution in [0, 0.1) is 6.92 Å². The van der Waals surface area contributed by atoms with Crippen LogP contribution in [0.3, 0.4) is 0 Å². The smallest absolute Gasteiger partial charge is 0.275 e.